The highest BCUT2D eigenvalue weighted by molar-refractivity contribution is 7.21. The fourth-order valence-corrected chi connectivity index (χ4v) is 5.15. The number of benzene rings is 1. The molecule has 0 aliphatic carbocycles. The van der Waals surface area contributed by atoms with Crippen LogP contribution in [0.5, 0.6) is 11.5 Å². The Hall–Kier alpha value is -4.78. The van der Waals surface area contributed by atoms with Crippen LogP contribution in [0.1, 0.15) is 43.8 Å². The fraction of sp³-hybridized carbons (Fsp3) is 0.185. The van der Waals surface area contributed by atoms with Crippen LogP contribution in [0.4, 0.5) is 14.5 Å². The summed E-state index contributed by atoms with van der Waals surface area (Å²) >= 11 is 0.813. The van der Waals surface area contributed by atoms with Crippen LogP contribution in [0.2, 0.25) is 0 Å². The van der Waals surface area contributed by atoms with Crippen LogP contribution < -0.4 is 20.5 Å². The summed E-state index contributed by atoms with van der Waals surface area (Å²) in [5, 5.41) is 7.18. The average molecular weight is 568 g/mol. The molecule has 4 heterocycles. The van der Waals surface area contributed by atoms with Gasteiger partial charge in [-0.05, 0) is 42.8 Å². The number of thiophene rings is 1. The Morgan fingerprint density at radius 1 is 1.18 bits per heavy atom. The van der Waals surface area contributed by atoms with E-state index in [1.165, 1.54) is 25.4 Å². The summed E-state index contributed by atoms with van der Waals surface area (Å²) in [6.45, 7) is 1.79. The molecule has 0 aliphatic heterocycles. The molecule has 0 aliphatic rings. The number of hydrogen-bond acceptors (Lipinski definition) is 8. The lowest BCUT2D eigenvalue weighted by Gasteiger charge is -2.10. The minimum atomic E-state index is -2.86. The third-order valence-corrected chi connectivity index (χ3v) is 7.32. The van der Waals surface area contributed by atoms with Gasteiger partial charge in [-0.2, -0.15) is 5.10 Å². The minimum absolute atomic E-state index is 0.0202. The lowest BCUT2D eigenvalue weighted by molar-refractivity contribution is 0.0992. The summed E-state index contributed by atoms with van der Waals surface area (Å²) in [4.78, 5) is 29.7. The molecule has 206 valence electrons. The standard InChI is InChI=1S/C27H23F2N5O5S/c1-13-16(11-31-34(13)2)15-10-17(24(28)29)32-27-21(15)22(23(40-27)25(30)35)33-26(36)20-9-8-14(39-20)12-38-19-7-5-4-6-18(19)37-3/h4-11,24H,12H2,1-3H3,(H2,30,35)(H,33,36). The molecular formula is C27H23F2N5O5S. The molecule has 10 nitrogen and oxygen atoms in total. The topological polar surface area (TPSA) is 134 Å². The number of furan rings is 1. The maximum atomic E-state index is 13.7. The van der Waals surface area contributed by atoms with E-state index in [0.717, 1.165) is 11.3 Å². The number of methoxy groups -OCH3 is 1. The first-order chi connectivity index (χ1) is 19.2. The number of para-hydroxylation sites is 2. The molecule has 13 heteroatoms. The fourth-order valence-electron chi connectivity index (χ4n) is 4.14. The second-order valence-electron chi connectivity index (χ2n) is 8.67. The van der Waals surface area contributed by atoms with Crippen LogP contribution in [-0.2, 0) is 13.7 Å². The van der Waals surface area contributed by atoms with Gasteiger partial charge >= 0.3 is 0 Å². The number of alkyl halides is 2. The second-order valence-corrected chi connectivity index (χ2v) is 9.67. The molecule has 0 fully saturated rings. The van der Waals surface area contributed by atoms with Crippen LogP contribution >= 0.6 is 11.3 Å². The number of nitrogens with zero attached hydrogens (tertiary/aromatic N) is 3. The van der Waals surface area contributed by atoms with E-state index in [9.17, 15) is 18.4 Å². The monoisotopic (exact) mass is 567 g/mol. The highest BCUT2D eigenvalue weighted by atomic mass is 32.1. The van der Waals surface area contributed by atoms with Crippen molar-refractivity contribution in [3.63, 3.8) is 0 Å². The van der Waals surface area contributed by atoms with E-state index in [1.54, 1.807) is 49.0 Å². The average Bonchev–Trinajstić information content (AvgIpc) is 3.65. The number of pyridine rings is 1. The third kappa shape index (κ3) is 4.98. The maximum Gasteiger partial charge on any atom is 0.291 e. The van der Waals surface area contributed by atoms with Crippen molar-refractivity contribution in [1.29, 1.82) is 0 Å². The Morgan fingerprint density at radius 2 is 1.93 bits per heavy atom. The van der Waals surface area contributed by atoms with Gasteiger partial charge in [-0.1, -0.05) is 12.1 Å². The number of carbonyl (C=O) groups is 2. The van der Waals surface area contributed by atoms with Crippen LogP contribution in [0, 0.1) is 6.92 Å². The van der Waals surface area contributed by atoms with E-state index in [1.807, 2.05) is 0 Å². The van der Waals surface area contributed by atoms with E-state index >= 15 is 0 Å². The van der Waals surface area contributed by atoms with E-state index < -0.39 is 23.9 Å². The minimum Gasteiger partial charge on any atom is -0.493 e. The van der Waals surface area contributed by atoms with Gasteiger partial charge in [0.2, 0.25) is 0 Å². The number of halogens is 2. The van der Waals surface area contributed by atoms with Gasteiger partial charge in [0, 0.05) is 23.7 Å². The number of nitrogens with one attached hydrogen (secondary N) is 1. The molecule has 0 radical (unpaired) electrons. The lowest BCUT2D eigenvalue weighted by atomic mass is 10.0. The molecule has 40 heavy (non-hydrogen) atoms. The Morgan fingerprint density at radius 3 is 2.58 bits per heavy atom. The van der Waals surface area contributed by atoms with E-state index in [4.69, 9.17) is 19.6 Å². The van der Waals surface area contributed by atoms with Crippen molar-refractivity contribution in [2.75, 3.05) is 12.4 Å². The molecule has 1 aromatic carbocycles. The van der Waals surface area contributed by atoms with Gasteiger partial charge < -0.3 is 24.9 Å². The quantitative estimate of drug-likeness (QED) is 0.241. The molecule has 0 saturated carbocycles. The number of amides is 2. The Kier molecular flexibility index (Phi) is 7.22. The molecule has 0 bridgehead atoms. The molecular weight excluding hydrogens is 544 g/mol. The zero-order valence-corrected chi connectivity index (χ0v) is 22.3. The molecule has 0 unspecified atom stereocenters. The van der Waals surface area contributed by atoms with E-state index in [2.05, 4.69) is 15.4 Å². The van der Waals surface area contributed by atoms with Gasteiger partial charge in [0.1, 0.15) is 27.8 Å². The third-order valence-electron chi connectivity index (χ3n) is 6.22. The first-order valence-electron chi connectivity index (χ1n) is 11.9. The molecule has 0 saturated heterocycles. The molecule has 0 spiro atoms. The predicted molar refractivity (Wildman–Crippen MR) is 144 cm³/mol. The van der Waals surface area contributed by atoms with Crippen LogP contribution in [-0.4, -0.2) is 33.7 Å². The number of carbonyl (C=O) groups excluding carboxylic acids is 2. The SMILES string of the molecule is COc1ccccc1OCc1ccc(C(=O)Nc2c(C(N)=O)sc3nc(C(F)F)cc(-c4cnn(C)c4C)c23)o1. The molecule has 5 rings (SSSR count). The number of fused-ring (bicyclic) bond motifs is 1. The van der Waals surface area contributed by atoms with Gasteiger partial charge in [0.25, 0.3) is 18.2 Å². The van der Waals surface area contributed by atoms with Crippen LogP contribution in [0.25, 0.3) is 21.3 Å². The number of anilines is 1. The smallest absolute Gasteiger partial charge is 0.291 e. The molecule has 2 amide bonds. The molecule has 4 aromatic heterocycles. The summed E-state index contributed by atoms with van der Waals surface area (Å²) in [6.07, 6.45) is -1.34. The number of ether oxygens (including phenoxy) is 2. The number of nitrogens with two attached hydrogens (primary N) is 1. The van der Waals surface area contributed by atoms with Crippen LogP contribution in [0.15, 0.2) is 53.1 Å². The zero-order chi connectivity index (χ0) is 28.6. The highest BCUT2D eigenvalue weighted by Gasteiger charge is 2.27. The van der Waals surface area contributed by atoms with Gasteiger partial charge in [-0.15, -0.1) is 11.3 Å². The number of primary amides is 1. The van der Waals surface area contributed by atoms with Gasteiger partial charge in [-0.25, -0.2) is 13.8 Å². The summed E-state index contributed by atoms with van der Waals surface area (Å²) < 4.78 is 45.7. The zero-order valence-electron chi connectivity index (χ0n) is 21.5. The normalized spacial score (nSPS) is 11.2. The Balaban J connectivity index is 1.50. The maximum absolute atomic E-state index is 13.7. The summed E-state index contributed by atoms with van der Waals surface area (Å²) in [5.41, 5.74) is 6.73. The largest absolute Gasteiger partial charge is 0.493 e. The number of aryl methyl sites for hydroxylation is 1. The number of rotatable bonds is 9. The van der Waals surface area contributed by atoms with Crippen molar-refractivity contribution in [1.82, 2.24) is 14.8 Å². The van der Waals surface area contributed by atoms with Crippen LogP contribution in [0.3, 0.4) is 0 Å². The van der Waals surface area contributed by atoms with Crippen molar-refractivity contribution in [2.24, 2.45) is 12.8 Å². The second kappa shape index (κ2) is 10.8. The van der Waals surface area contributed by atoms with Crippen molar-refractivity contribution in [3.8, 4) is 22.6 Å². The van der Waals surface area contributed by atoms with Gasteiger partial charge in [0.05, 0.1) is 19.0 Å². The highest BCUT2D eigenvalue weighted by Crippen LogP contribution is 2.43. The molecule has 0 atom stereocenters. The van der Waals surface area contributed by atoms with E-state index in [0.29, 0.717) is 39.5 Å². The Labute approximate surface area is 230 Å². The van der Waals surface area contributed by atoms with Gasteiger partial charge in [-0.3, -0.25) is 14.3 Å². The first kappa shape index (κ1) is 26.8. The summed E-state index contributed by atoms with van der Waals surface area (Å²) in [6, 6.07) is 11.3. The number of aromatic nitrogens is 3. The first-order valence-corrected chi connectivity index (χ1v) is 12.7. The van der Waals surface area contributed by atoms with Crippen molar-refractivity contribution < 1.29 is 32.3 Å². The molecule has 3 N–H and O–H groups in total. The van der Waals surface area contributed by atoms with Crippen molar-refractivity contribution in [3.05, 3.63) is 76.4 Å². The molecule has 5 aromatic rings. The summed E-state index contributed by atoms with van der Waals surface area (Å²) in [5.74, 6) is -0.203. The van der Waals surface area contributed by atoms with Crippen molar-refractivity contribution in [2.45, 2.75) is 20.0 Å². The predicted octanol–water partition coefficient (Wildman–Crippen LogP) is 5.47. The lowest BCUT2D eigenvalue weighted by Crippen LogP contribution is -2.16. The van der Waals surface area contributed by atoms with Crippen molar-refractivity contribution >= 4 is 39.1 Å². The summed E-state index contributed by atoms with van der Waals surface area (Å²) in [7, 11) is 3.24. The van der Waals surface area contributed by atoms with E-state index in [-0.39, 0.29) is 27.8 Å². The van der Waals surface area contributed by atoms with Gasteiger partial charge in [0.15, 0.2) is 17.3 Å². The Bertz CT molecular complexity index is 1740. The number of hydrogen-bond donors (Lipinski definition) is 2.